The molecular formula is C20H16ClN3O. The summed E-state index contributed by atoms with van der Waals surface area (Å²) in [5.41, 5.74) is 3.57. The number of benzene rings is 2. The third-order valence-electron chi connectivity index (χ3n) is 4.20. The largest absolute Gasteiger partial charge is 0.347 e. The zero-order valence-corrected chi connectivity index (χ0v) is 14.6. The number of halogens is 1. The maximum atomic E-state index is 12.4. The highest BCUT2D eigenvalue weighted by Gasteiger charge is 2.14. The summed E-state index contributed by atoms with van der Waals surface area (Å²) in [6, 6.07) is 16.7. The maximum absolute atomic E-state index is 12.4. The number of nitrogens with zero attached hydrogens (tertiary/aromatic N) is 2. The molecule has 2 aromatic carbocycles. The average molecular weight is 350 g/mol. The average Bonchev–Trinajstić information content (AvgIpc) is 2.86. The standard InChI is InChI=1S/C20H16ClN3O/c1-13-18(17-5-3-4-6-19(17)24(13)2)11-14(12-22)20(25)23-16-9-7-15(21)8-10-16/h3-11H,1-2H3,(H,23,25)/b14-11+. The molecule has 0 radical (unpaired) electrons. The minimum atomic E-state index is -0.447. The van der Waals surface area contributed by atoms with Gasteiger partial charge in [0.1, 0.15) is 11.6 Å². The number of nitrogens with one attached hydrogen (secondary N) is 1. The molecule has 1 heterocycles. The molecule has 0 fully saturated rings. The van der Waals surface area contributed by atoms with E-state index in [0.29, 0.717) is 10.7 Å². The first-order valence-electron chi connectivity index (χ1n) is 7.74. The van der Waals surface area contributed by atoms with E-state index in [1.807, 2.05) is 48.9 Å². The number of amides is 1. The van der Waals surface area contributed by atoms with Crippen LogP contribution in [-0.2, 0) is 11.8 Å². The Morgan fingerprint density at radius 2 is 1.88 bits per heavy atom. The van der Waals surface area contributed by atoms with E-state index in [2.05, 4.69) is 5.32 Å². The molecule has 0 bridgehead atoms. The van der Waals surface area contributed by atoms with Crippen LogP contribution in [0.1, 0.15) is 11.3 Å². The number of fused-ring (bicyclic) bond motifs is 1. The van der Waals surface area contributed by atoms with Crippen molar-refractivity contribution in [1.29, 1.82) is 5.26 Å². The molecule has 1 amide bonds. The van der Waals surface area contributed by atoms with Crippen molar-refractivity contribution in [2.24, 2.45) is 7.05 Å². The van der Waals surface area contributed by atoms with Crippen molar-refractivity contribution in [2.45, 2.75) is 6.92 Å². The van der Waals surface area contributed by atoms with Crippen LogP contribution in [0.3, 0.4) is 0 Å². The van der Waals surface area contributed by atoms with Crippen LogP contribution >= 0.6 is 11.6 Å². The number of hydrogen-bond acceptors (Lipinski definition) is 2. The quantitative estimate of drug-likeness (QED) is 0.551. The Bertz CT molecular complexity index is 1020. The zero-order valence-electron chi connectivity index (χ0n) is 13.9. The summed E-state index contributed by atoms with van der Waals surface area (Å²) < 4.78 is 2.05. The fourth-order valence-electron chi connectivity index (χ4n) is 2.76. The van der Waals surface area contributed by atoms with Gasteiger partial charge in [-0.25, -0.2) is 0 Å². The summed E-state index contributed by atoms with van der Waals surface area (Å²) in [5, 5.41) is 13.8. The molecule has 1 aromatic heterocycles. The van der Waals surface area contributed by atoms with Crippen molar-refractivity contribution in [3.63, 3.8) is 0 Å². The molecule has 0 saturated heterocycles. The Morgan fingerprint density at radius 3 is 2.56 bits per heavy atom. The van der Waals surface area contributed by atoms with E-state index in [-0.39, 0.29) is 5.57 Å². The molecule has 3 rings (SSSR count). The van der Waals surface area contributed by atoms with E-state index in [9.17, 15) is 10.1 Å². The number of hydrogen-bond donors (Lipinski definition) is 1. The van der Waals surface area contributed by atoms with Gasteiger partial charge in [0.15, 0.2) is 0 Å². The first kappa shape index (κ1) is 16.8. The minimum Gasteiger partial charge on any atom is -0.347 e. The van der Waals surface area contributed by atoms with Crippen LogP contribution in [0.4, 0.5) is 5.69 Å². The molecule has 25 heavy (non-hydrogen) atoms. The van der Waals surface area contributed by atoms with Gasteiger partial charge in [-0.05, 0) is 43.3 Å². The topological polar surface area (TPSA) is 57.8 Å². The lowest BCUT2D eigenvalue weighted by Gasteiger charge is -2.04. The molecule has 0 aliphatic heterocycles. The normalized spacial score (nSPS) is 11.4. The van der Waals surface area contributed by atoms with Crippen LogP contribution in [0.5, 0.6) is 0 Å². The molecule has 0 spiro atoms. The van der Waals surface area contributed by atoms with Crippen LogP contribution in [-0.4, -0.2) is 10.5 Å². The summed E-state index contributed by atoms with van der Waals surface area (Å²) in [4.78, 5) is 12.4. The van der Waals surface area contributed by atoms with Gasteiger partial charge in [-0.15, -0.1) is 0 Å². The number of nitriles is 1. The number of aryl methyl sites for hydroxylation is 1. The molecule has 0 atom stereocenters. The Kier molecular flexibility index (Phi) is 4.60. The highest BCUT2D eigenvalue weighted by molar-refractivity contribution is 6.30. The first-order chi connectivity index (χ1) is 12.0. The number of rotatable bonds is 3. The molecule has 0 unspecified atom stereocenters. The molecule has 4 nitrogen and oxygen atoms in total. The molecule has 0 aliphatic carbocycles. The molecule has 0 saturated carbocycles. The van der Waals surface area contributed by atoms with Crippen molar-refractivity contribution in [3.05, 3.63) is 70.4 Å². The van der Waals surface area contributed by atoms with E-state index in [1.165, 1.54) is 0 Å². The Balaban J connectivity index is 1.98. The lowest BCUT2D eigenvalue weighted by Crippen LogP contribution is -2.13. The molecule has 1 N–H and O–H groups in total. The second-order valence-corrected chi connectivity index (χ2v) is 6.14. The van der Waals surface area contributed by atoms with Crippen molar-refractivity contribution >= 4 is 40.2 Å². The fraction of sp³-hybridized carbons (Fsp3) is 0.100. The van der Waals surface area contributed by atoms with Crippen LogP contribution in [0.2, 0.25) is 5.02 Å². The van der Waals surface area contributed by atoms with Gasteiger partial charge in [0.2, 0.25) is 0 Å². The predicted molar refractivity (Wildman–Crippen MR) is 101 cm³/mol. The molecular weight excluding hydrogens is 334 g/mol. The van der Waals surface area contributed by atoms with Crippen LogP contribution in [0.25, 0.3) is 17.0 Å². The van der Waals surface area contributed by atoms with Crippen LogP contribution in [0, 0.1) is 18.3 Å². The Hall–Kier alpha value is -3.03. The van der Waals surface area contributed by atoms with Gasteiger partial charge < -0.3 is 9.88 Å². The highest BCUT2D eigenvalue weighted by Crippen LogP contribution is 2.27. The number of para-hydroxylation sites is 1. The molecule has 5 heteroatoms. The van der Waals surface area contributed by atoms with Gasteiger partial charge in [-0.3, -0.25) is 4.79 Å². The Morgan fingerprint density at radius 1 is 1.20 bits per heavy atom. The van der Waals surface area contributed by atoms with E-state index in [4.69, 9.17) is 11.6 Å². The predicted octanol–water partition coefficient (Wildman–Crippen LogP) is 4.69. The van der Waals surface area contributed by atoms with E-state index >= 15 is 0 Å². The van der Waals surface area contributed by atoms with Gasteiger partial charge in [0.25, 0.3) is 5.91 Å². The zero-order chi connectivity index (χ0) is 18.0. The lowest BCUT2D eigenvalue weighted by atomic mass is 10.1. The third-order valence-corrected chi connectivity index (χ3v) is 4.46. The molecule has 0 aliphatic rings. The van der Waals surface area contributed by atoms with Gasteiger partial charge in [-0.2, -0.15) is 5.26 Å². The second kappa shape index (κ2) is 6.84. The van der Waals surface area contributed by atoms with E-state index < -0.39 is 5.91 Å². The number of aromatic nitrogens is 1. The maximum Gasteiger partial charge on any atom is 0.266 e. The summed E-state index contributed by atoms with van der Waals surface area (Å²) in [5.74, 6) is -0.447. The van der Waals surface area contributed by atoms with Gasteiger partial charge in [0.05, 0.1) is 0 Å². The van der Waals surface area contributed by atoms with Crippen molar-refractivity contribution in [1.82, 2.24) is 4.57 Å². The minimum absolute atomic E-state index is 0.0504. The van der Waals surface area contributed by atoms with E-state index in [0.717, 1.165) is 22.2 Å². The summed E-state index contributed by atoms with van der Waals surface area (Å²) >= 11 is 5.84. The number of carbonyl (C=O) groups excluding carboxylic acids is 1. The summed E-state index contributed by atoms with van der Waals surface area (Å²) in [6.07, 6.45) is 1.64. The van der Waals surface area contributed by atoms with Crippen LogP contribution < -0.4 is 5.32 Å². The fourth-order valence-corrected chi connectivity index (χ4v) is 2.88. The van der Waals surface area contributed by atoms with Crippen molar-refractivity contribution in [3.8, 4) is 6.07 Å². The number of anilines is 1. The van der Waals surface area contributed by atoms with Crippen LogP contribution in [0.15, 0.2) is 54.1 Å². The van der Waals surface area contributed by atoms with Gasteiger partial charge in [0, 0.05) is 39.9 Å². The first-order valence-corrected chi connectivity index (χ1v) is 8.12. The number of carbonyl (C=O) groups is 1. The lowest BCUT2D eigenvalue weighted by molar-refractivity contribution is -0.112. The summed E-state index contributed by atoms with van der Waals surface area (Å²) in [6.45, 7) is 1.97. The van der Waals surface area contributed by atoms with Crippen molar-refractivity contribution in [2.75, 3.05) is 5.32 Å². The van der Waals surface area contributed by atoms with Crippen molar-refractivity contribution < 1.29 is 4.79 Å². The smallest absolute Gasteiger partial charge is 0.266 e. The van der Waals surface area contributed by atoms with Gasteiger partial charge >= 0.3 is 0 Å². The monoisotopic (exact) mass is 349 g/mol. The molecule has 3 aromatic rings. The molecule has 124 valence electrons. The van der Waals surface area contributed by atoms with E-state index in [1.54, 1.807) is 30.3 Å². The third kappa shape index (κ3) is 3.28. The summed E-state index contributed by atoms with van der Waals surface area (Å²) in [7, 11) is 1.97. The SMILES string of the molecule is Cc1c(/C=C(\C#N)C(=O)Nc2ccc(Cl)cc2)c2ccccc2n1C. The Labute approximate surface area is 150 Å². The second-order valence-electron chi connectivity index (χ2n) is 5.71. The van der Waals surface area contributed by atoms with Gasteiger partial charge in [-0.1, -0.05) is 29.8 Å². The highest BCUT2D eigenvalue weighted by atomic mass is 35.5.